The highest BCUT2D eigenvalue weighted by Gasteiger charge is 2.30. The Morgan fingerprint density at radius 2 is 1.86 bits per heavy atom. The van der Waals surface area contributed by atoms with Gasteiger partial charge >= 0.3 is 0 Å². The third-order valence-corrected chi connectivity index (χ3v) is 3.28. The lowest BCUT2D eigenvalue weighted by molar-refractivity contribution is -0.126. The maximum Gasteiger partial charge on any atom is 0.133 e. The van der Waals surface area contributed by atoms with Crippen LogP contribution in [0.1, 0.15) is 44.9 Å². The molecule has 2 aliphatic carbocycles. The molecule has 2 saturated carbocycles. The second kappa shape index (κ2) is 4.41. The molecule has 0 bridgehead atoms. The largest absolute Gasteiger partial charge is 0.390 e. The molecular weight excluding hydrogens is 180 g/mol. The number of rotatable bonds is 2. The van der Waals surface area contributed by atoms with Gasteiger partial charge in [-0.05, 0) is 32.1 Å². The number of Topliss-reactive ketones (excluding diaryl/α,β-unsaturated/α-hetero) is 1. The number of carbonyl (C=O) groups is 1. The molecule has 2 fully saturated rings. The molecule has 3 nitrogen and oxygen atoms in total. The van der Waals surface area contributed by atoms with Crippen molar-refractivity contribution >= 4 is 5.78 Å². The van der Waals surface area contributed by atoms with Crippen LogP contribution < -0.4 is 0 Å². The Morgan fingerprint density at radius 1 is 1.14 bits per heavy atom. The number of aliphatic hydroxyl groups excluding tert-OH is 1. The highest BCUT2D eigenvalue weighted by atomic mass is 16.5. The van der Waals surface area contributed by atoms with Crippen LogP contribution in [0.25, 0.3) is 0 Å². The highest BCUT2D eigenvalue weighted by Crippen LogP contribution is 2.27. The Labute approximate surface area is 84.4 Å². The zero-order valence-corrected chi connectivity index (χ0v) is 8.45. The van der Waals surface area contributed by atoms with Crippen molar-refractivity contribution < 1.29 is 14.6 Å². The van der Waals surface area contributed by atoms with Crippen molar-refractivity contribution in [2.24, 2.45) is 0 Å². The van der Waals surface area contributed by atoms with Crippen molar-refractivity contribution in [3.8, 4) is 0 Å². The first-order valence-electron chi connectivity index (χ1n) is 5.61. The fraction of sp³-hybridized carbons (Fsp3) is 0.909. The number of ketones is 1. The van der Waals surface area contributed by atoms with Crippen LogP contribution >= 0.6 is 0 Å². The van der Waals surface area contributed by atoms with E-state index in [9.17, 15) is 9.90 Å². The normalized spacial score (nSPS) is 35.1. The van der Waals surface area contributed by atoms with E-state index in [1.165, 1.54) is 0 Å². The van der Waals surface area contributed by atoms with E-state index >= 15 is 0 Å². The summed E-state index contributed by atoms with van der Waals surface area (Å²) in [7, 11) is 0. The number of hydrogen-bond donors (Lipinski definition) is 1. The van der Waals surface area contributed by atoms with Crippen LogP contribution in [0.3, 0.4) is 0 Å². The number of aliphatic hydroxyl groups is 1. The fourth-order valence-corrected chi connectivity index (χ4v) is 2.36. The van der Waals surface area contributed by atoms with Gasteiger partial charge in [0, 0.05) is 12.8 Å². The van der Waals surface area contributed by atoms with Gasteiger partial charge in [-0.15, -0.1) is 0 Å². The van der Waals surface area contributed by atoms with Gasteiger partial charge in [0.15, 0.2) is 0 Å². The van der Waals surface area contributed by atoms with Crippen LogP contribution in [-0.4, -0.2) is 29.2 Å². The van der Waals surface area contributed by atoms with Crippen LogP contribution in [0.4, 0.5) is 0 Å². The first kappa shape index (κ1) is 10.1. The zero-order valence-electron chi connectivity index (χ0n) is 8.45. The average Bonchev–Trinajstić information content (AvgIpc) is 2.56. The lowest BCUT2D eigenvalue weighted by Crippen LogP contribution is -2.31. The summed E-state index contributed by atoms with van der Waals surface area (Å²) in [6.07, 6.45) is 5.91. The summed E-state index contributed by atoms with van der Waals surface area (Å²) in [6.45, 7) is 0. The SMILES string of the molecule is O=C1CCC(OC2CCCC2O)CC1. The smallest absolute Gasteiger partial charge is 0.133 e. The molecule has 3 heteroatoms. The minimum absolute atomic E-state index is 0.0354. The van der Waals surface area contributed by atoms with Gasteiger partial charge in [-0.25, -0.2) is 0 Å². The third kappa shape index (κ3) is 2.34. The summed E-state index contributed by atoms with van der Waals surface area (Å²) >= 11 is 0. The Kier molecular flexibility index (Phi) is 3.19. The zero-order chi connectivity index (χ0) is 9.97. The molecule has 0 amide bonds. The quantitative estimate of drug-likeness (QED) is 0.730. The molecule has 0 spiro atoms. The topological polar surface area (TPSA) is 46.5 Å². The summed E-state index contributed by atoms with van der Waals surface area (Å²) in [5.41, 5.74) is 0. The molecule has 0 aromatic rings. The first-order chi connectivity index (χ1) is 6.75. The van der Waals surface area contributed by atoms with Crippen LogP contribution in [0.2, 0.25) is 0 Å². The second-order valence-corrected chi connectivity index (χ2v) is 4.41. The van der Waals surface area contributed by atoms with E-state index in [1.54, 1.807) is 0 Å². The van der Waals surface area contributed by atoms with Crippen LogP contribution in [-0.2, 0) is 9.53 Å². The molecule has 80 valence electrons. The highest BCUT2D eigenvalue weighted by molar-refractivity contribution is 5.79. The van der Waals surface area contributed by atoms with Gasteiger partial charge < -0.3 is 9.84 Å². The number of ether oxygens (including phenoxy) is 1. The predicted octanol–water partition coefficient (Wildman–Crippen LogP) is 1.43. The van der Waals surface area contributed by atoms with Crippen molar-refractivity contribution in [1.29, 1.82) is 0 Å². The van der Waals surface area contributed by atoms with Gasteiger partial charge in [0.2, 0.25) is 0 Å². The molecule has 2 rings (SSSR count). The fourth-order valence-electron chi connectivity index (χ4n) is 2.36. The average molecular weight is 198 g/mol. The van der Waals surface area contributed by atoms with E-state index in [4.69, 9.17) is 4.74 Å². The van der Waals surface area contributed by atoms with E-state index < -0.39 is 0 Å². The van der Waals surface area contributed by atoms with Crippen molar-refractivity contribution in [2.75, 3.05) is 0 Å². The lowest BCUT2D eigenvalue weighted by Gasteiger charge is -2.26. The number of carbonyl (C=O) groups excluding carboxylic acids is 1. The minimum Gasteiger partial charge on any atom is -0.390 e. The summed E-state index contributed by atoms with van der Waals surface area (Å²) < 4.78 is 5.81. The van der Waals surface area contributed by atoms with Gasteiger partial charge in [-0.2, -0.15) is 0 Å². The predicted molar refractivity (Wildman–Crippen MR) is 52.0 cm³/mol. The molecular formula is C11H18O3. The monoisotopic (exact) mass is 198 g/mol. The van der Waals surface area contributed by atoms with E-state index in [2.05, 4.69) is 0 Å². The summed E-state index contributed by atoms with van der Waals surface area (Å²) in [4.78, 5) is 11.0. The molecule has 0 heterocycles. The third-order valence-electron chi connectivity index (χ3n) is 3.28. The Bertz CT molecular complexity index is 205. The molecule has 2 unspecified atom stereocenters. The minimum atomic E-state index is -0.271. The lowest BCUT2D eigenvalue weighted by atomic mass is 9.96. The van der Waals surface area contributed by atoms with Gasteiger partial charge in [0.05, 0.1) is 18.3 Å². The molecule has 0 saturated heterocycles. The summed E-state index contributed by atoms with van der Waals surface area (Å²) in [5.74, 6) is 0.358. The molecule has 0 radical (unpaired) electrons. The molecule has 2 atom stereocenters. The molecule has 0 aromatic carbocycles. The maximum absolute atomic E-state index is 11.0. The van der Waals surface area contributed by atoms with Crippen molar-refractivity contribution in [2.45, 2.75) is 63.3 Å². The van der Waals surface area contributed by atoms with Gasteiger partial charge in [-0.3, -0.25) is 4.79 Å². The van der Waals surface area contributed by atoms with Crippen LogP contribution in [0, 0.1) is 0 Å². The Hall–Kier alpha value is -0.410. The van der Waals surface area contributed by atoms with Gasteiger partial charge in [0.25, 0.3) is 0 Å². The van der Waals surface area contributed by atoms with Crippen LogP contribution in [0.5, 0.6) is 0 Å². The molecule has 14 heavy (non-hydrogen) atoms. The van der Waals surface area contributed by atoms with Gasteiger partial charge in [0.1, 0.15) is 5.78 Å². The second-order valence-electron chi connectivity index (χ2n) is 4.41. The van der Waals surface area contributed by atoms with Crippen LogP contribution in [0.15, 0.2) is 0 Å². The standard InChI is InChI=1S/C11H18O3/c12-8-4-6-9(7-5-8)14-11-3-1-2-10(11)13/h9-11,13H,1-7H2. The van der Waals surface area contributed by atoms with E-state index in [1.807, 2.05) is 0 Å². The van der Waals surface area contributed by atoms with Crippen molar-refractivity contribution in [1.82, 2.24) is 0 Å². The van der Waals surface area contributed by atoms with E-state index in [-0.39, 0.29) is 18.3 Å². The molecule has 1 N–H and O–H groups in total. The van der Waals surface area contributed by atoms with Crippen molar-refractivity contribution in [3.63, 3.8) is 0 Å². The molecule has 0 aromatic heterocycles. The van der Waals surface area contributed by atoms with Gasteiger partial charge in [-0.1, -0.05) is 0 Å². The summed E-state index contributed by atoms with van der Waals surface area (Å²) in [5, 5.41) is 9.58. The summed E-state index contributed by atoms with van der Waals surface area (Å²) in [6, 6.07) is 0. The Morgan fingerprint density at radius 3 is 2.43 bits per heavy atom. The molecule has 2 aliphatic rings. The van der Waals surface area contributed by atoms with E-state index in [0.29, 0.717) is 18.6 Å². The molecule has 0 aliphatic heterocycles. The first-order valence-corrected chi connectivity index (χ1v) is 5.61. The number of hydrogen-bond acceptors (Lipinski definition) is 3. The van der Waals surface area contributed by atoms with Crippen molar-refractivity contribution in [3.05, 3.63) is 0 Å². The Balaban J connectivity index is 1.77. The maximum atomic E-state index is 11.0. The van der Waals surface area contributed by atoms with E-state index in [0.717, 1.165) is 32.1 Å².